The average molecular weight is 354 g/mol. The molecule has 0 amide bonds. The van der Waals surface area contributed by atoms with Gasteiger partial charge in [0.15, 0.2) is 0 Å². The van der Waals surface area contributed by atoms with Gasteiger partial charge in [0.1, 0.15) is 0 Å². The molecule has 2 rings (SSSR count). The highest BCUT2D eigenvalue weighted by atomic mass is 79.9. The molecule has 0 radical (unpaired) electrons. The standard InChI is InChI=1S/C17H28BrN3/c1-4-14(3)20-7-9-21(10-8-20)17-6-5-15(11-13(2)19)12-16(17)18/h5-6,12-14H,4,7-11,19H2,1-3H3. The molecule has 2 unspecified atom stereocenters. The topological polar surface area (TPSA) is 32.5 Å². The molecule has 0 saturated carbocycles. The summed E-state index contributed by atoms with van der Waals surface area (Å²) in [7, 11) is 0. The number of halogens is 1. The zero-order valence-corrected chi connectivity index (χ0v) is 15.1. The van der Waals surface area contributed by atoms with Gasteiger partial charge in [-0.1, -0.05) is 13.0 Å². The SMILES string of the molecule is CCC(C)N1CCN(c2ccc(CC(C)N)cc2Br)CC1. The molecule has 118 valence electrons. The molecule has 2 atom stereocenters. The van der Waals surface area contributed by atoms with E-state index in [9.17, 15) is 0 Å². The summed E-state index contributed by atoms with van der Waals surface area (Å²) in [6.45, 7) is 11.2. The molecule has 1 saturated heterocycles. The molecule has 0 aliphatic carbocycles. The van der Waals surface area contributed by atoms with Crippen molar-refractivity contribution < 1.29 is 0 Å². The van der Waals surface area contributed by atoms with E-state index in [4.69, 9.17) is 5.73 Å². The summed E-state index contributed by atoms with van der Waals surface area (Å²) in [5, 5.41) is 0. The predicted molar refractivity (Wildman–Crippen MR) is 95.0 cm³/mol. The fourth-order valence-corrected chi connectivity index (χ4v) is 3.64. The lowest BCUT2D eigenvalue weighted by molar-refractivity contribution is 0.193. The third-order valence-corrected chi connectivity index (χ3v) is 5.07. The van der Waals surface area contributed by atoms with Gasteiger partial charge in [-0.3, -0.25) is 4.90 Å². The van der Waals surface area contributed by atoms with Gasteiger partial charge in [0, 0.05) is 42.7 Å². The zero-order valence-electron chi connectivity index (χ0n) is 13.5. The summed E-state index contributed by atoms with van der Waals surface area (Å²) >= 11 is 3.73. The zero-order chi connectivity index (χ0) is 15.4. The largest absolute Gasteiger partial charge is 0.368 e. The number of hydrogen-bond acceptors (Lipinski definition) is 3. The first-order valence-corrected chi connectivity index (χ1v) is 8.83. The second-order valence-electron chi connectivity index (χ2n) is 6.25. The minimum atomic E-state index is 0.210. The summed E-state index contributed by atoms with van der Waals surface area (Å²) < 4.78 is 1.19. The lowest BCUT2D eigenvalue weighted by Crippen LogP contribution is -2.49. The quantitative estimate of drug-likeness (QED) is 0.881. The summed E-state index contributed by atoms with van der Waals surface area (Å²) in [6, 6.07) is 7.58. The highest BCUT2D eigenvalue weighted by Gasteiger charge is 2.21. The molecule has 1 aromatic rings. The number of anilines is 1. The molecule has 1 heterocycles. The van der Waals surface area contributed by atoms with Crippen molar-refractivity contribution in [2.75, 3.05) is 31.1 Å². The average Bonchev–Trinajstić information content (AvgIpc) is 2.46. The number of benzene rings is 1. The van der Waals surface area contributed by atoms with E-state index in [1.165, 1.54) is 22.1 Å². The van der Waals surface area contributed by atoms with E-state index < -0.39 is 0 Å². The molecule has 1 aliphatic rings. The van der Waals surface area contributed by atoms with Crippen LogP contribution in [0.3, 0.4) is 0 Å². The first-order valence-electron chi connectivity index (χ1n) is 8.04. The monoisotopic (exact) mass is 353 g/mol. The Morgan fingerprint density at radius 3 is 2.38 bits per heavy atom. The Morgan fingerprint density at radius 2 is 1.86 bits per heavy atom. The number of rotatable bonds is 5. The molecule has 1 fully saturated rings. The Kier molecular flexibility index (Phi) is 6.08. The van der Waals surface area contributed by atoms with Gasteiger partial charge in [-0.15, -0.1) is 0 Å². The lowest BCUT2D eigenvalue weighted by atomic mass is 10.1. The van der Waals surface area contributed by atoms with Crippen molar-refractivity contribution >= 4 is 21.6 Å². The van der Waals surface area contributed by atoms with Crippen LogP contribution >= 0.6 is 15.9 Å². The maximum Gasteiger partial charge on any atom is 0.0511 e. The third-order valence-electron chi connectivity index (χ3n) is 4.44. The Labute approximate surface area is 137 Å². The van der Waals surface area contributed by atoms with Crippen LogP contribution in [0.25, 0.3) is 0 Å². The van der Waals surface area contributed by atoms with Gasteiger partial charge >= 0.3 is 0 Å². The Balaban J connectivity index is 2.00. The van der Waals surface area contributed by atoms with Crippen LogP contribution in [0.5, 0.6) is 0 Å². The predicted octanol–water partition coefficient (Wildman–Crippen LogP) is 3.26. The van der Waals surface area contributed by atoms with Crippen molar-refractivity contribution in [2.24, 2.45) is 5.73 Å². The second-order valence-corrected chi connectivity index (χ2v) is 7.10. The fourth-order valence-electron chi connectivity index (χ4n) is 2.97. The Morgan fingerprint density at radius 1 is 1.19 bits per heavy atom. The first-order chi connectivity index (χ1) is 10.0. The van der Waals surface area contributed by atoms with E-state index in [2.05, 4.69) is 64.7 Å². The van der Waals surface area contributed by atoms with E-state index in [-0.39, 0.29) is 6.04 Å². The van der Waals surface area contributed by atoms with Crippen LogP contribution in [0.4, 0.5) is 5.69 Å². The van der Waals surface area contributed by atoms with Crippen LogP contribution in [0.1, 0.15) is 32.8 Å². The van der Waals surface area contributed by atoms with Crippen LogP contribution in [0.2, 0.25) is 0 Å². The van der Waals surface area contributed by atoms with Crippen LogP contribution in [0.15, 0.2) is 22.7 Å². The van der Waals surface area contributed by atoms with E-state index in [1.54, 1.807) is 0 Å². The molecular weight excluding hydrogens is 326 g/mol. The van der Waals surface area contributed by atoms with E-state index in [1.807, 2.05) is 0 Å². The van der Waals surface area contributed by atoms with Crippen LogP contribution < -0.4 is 10.6 Å². The number of piperazine rings is 1. The lowest BCUT2D eigenvalue weighted by Gasteiger charge is -2.39. The summed E-state index contributed by atoms with van der Waals surface area (Å²) in [5.41, 5.74) is 8.50. The molecule has 1 aliphatic heterocycles. The van der Waals surface area contributed by atoms with E-state index >= 15 is 0 Å². The molecule has 3 nitrogen and oxygen atoms in total. The first kappa shape index (κ1) is 16.8. The van der Waals surface area contributed by atoms with Gasteiger partial charge in [-0.2, -0.15) is 0 Å². The smallest absolute Gasteiger partial charge is 0.0511 e. The van der Waals surface area contributed by atoms with Crippen LogP contribution in [0, 0.1) is 0 Å². The molecule has 1 aromatic carbocycles. The Bertz CT molecular complexity index is 453. The van der Waals surface area contributed by atoms with Crippen molar-refractivity contribution in [2.45, 2.75) is 45.7 Å². The van der Waals surface area contributed by atoms with Crippen molar-refractivity contribution in [3.05, 3.63) is 28.2 Å². The third kappa shape index (κ3) is 4.44. The van der Waals surface area contributed by atoms with Crippen molar-refractivity contribution in [3.8, 4) is 0 Å². The number of nitrogens with two attached hydrogens (primary N) is 1. The molecule has 0 bridgehead atoms. The van der Waals surface area contributed by atoms with Gasteiger partial charge in [-0.25, -0.2) is 0 Å². The van der Waals surface area contributed by atoms with Crippen LogP contribution in [-0.4, -0.2) is 43.2 Å². The molecule has 0 spiro atoms. The molecule has 21 heavy (non-hydrogen) atoms. The van der Waals surface area contributed by atoms with E-state index in [0.29, 0.717) is 6.04 Å². The minimum Gasteiger partial charge on any atom is -0.368 e. The van der Waals surface area contributed by atoms with Gasteiger partial charge in [0.2, 0.25) is 0 Å². The molecule has 4 heteroatoms. The molecule has 2 N–H and O–H groups in total. The van der Waals surface area contributed by atoms with Gasteiger partial charge in [-0.05, 0) is 60.3 Å². The van der Waals surface area contributed by atoms with Gasteiger partial charge in [0.05, 0.1) is 5.69 Å². The molecular formula is C17H28BrN3. The van der Waals surface area contributed by atoms with Gasteiger partial charge < -0.3 is 10.6 Å². The fraction of sp³-hybridized carbons (Fsp3) is 0.647. The maximum absolute atomic E-state index is 5.88. The second kappa shape index (κ2) is 7.61. The summed E-state index contributed by atoms with van der Waals surface area (Å²) in [6.07, 6.45) is 2.16. The normalized spacial score (nSPS) is 19.6. The Hall–Kier alpha value is -0.580. The van der Waals surface area contributed by atoms with Crippen molar-refractivity contribution in [1.29, 1.82) is 0 Å². The summed E-state index contributed by atoms with van der Waals surface area (Å²) in [5.74, 6) is 0. The van der Waals surface area contributed by atoms with Gasteiger partial charge in [0.25, 0.3) is 0 Å². The molecule has 0 aromatic heterocycles. The number of hydrogen-bond donors (Lipinski definition) is 1. The van der Waals surface area contributed by atoms with Crippen molar-refractivity contribution in [1.82, 2.24) is 4.90 Å². The minimum absolute atomic E-state index is 0.210. The van der Waals surface area contributed by atoms with E-state index in [0.717, 1.165) is 32.6 Å². The van der Waals surface area contributed by atoms with Crippen molar-refractivity contribution in [3.63, 3.8) is 0 Å². The van der Waals surface area contributed by atoms with Crippen LogP contribution in [-0.2, 0) is 6.42 Å². The summed E-state index contributed by atoms with van der Waals surface area (Å²) in [4.78, 5) is 5.08. The highest BCUT2D eigenvalue weighted by molar-refractivity contribution is 9.10. The highest BCUT2D eigenvalue weighted by Crippen LogP contribution is 2.29. The maximum atomic E-state index is 5.88. The number of nitrogens with zero attached hydrogens (tertiary/aromatic N) is 2.